The van der Waals surface area contributed by atoms with Gasteiger partial charge in [0.1, 0.15) is 12.1 Å². The predicted octanol–water partition coefficient (Wildman–Crippen LogP) is 5.03. The number of rotatable bonds is 25. The van der Waals surface area contributed by atoms with Gasteiger partial charge in [0.15, 0.2) is 0 Å². The Morgan fingerprint density at radius 1 is 0.611 bits per heavy atom. The van der Waals surface area contributed by atoms with E-state index < -0.39 is 30.0 Å². The molecule has 0 aliphatic rings. The average Bonchev–Trinajstić information content (AvgIpc) is 2.87. The lowest BCUT2D eigenvalue weighted by Crippen LogP contribution is -2.36. The van der Waals surface area contributed by atoms with Gasteiger partial charge in [-0.1, -0.05) is 103 Å². The summed E-state index contributed by atoms with van der Waals surface area (Å²) in [7, 11) is 0. The van der Waals surface area contributed by atoms with Gasteiger partial charge in [-0.15, -0.1) is 0 Å². The molecule has 8 heteroatoms. The highest BCUT2D eigenvalue weighted by Crippen LogP contribution is 2.14. The van der Waals surface area contributed by atoms with Crippen LogP contribution < -0.4 is 17.2 Å². The Kier molecular flexibility index (Phi) is 24.1. The van der Waals surface area contributed by atoms with Gasteiger partial charge in [0.2, 0.25) is 0 Å². The molecule has 0 saturated heterocycles. The number of carbonyl (C=O) groups is 3. The van der Waals surface area contributed by atoms with Crippen LogP contribution in [0, 0.1) is 0 Å². The summed E-state index contributed by atoms with van der Waals surface area (Å²) < 4.78 is 9.89. The summed E-state index contributed by atoms with van der Waals surface area (Å²) in [6.07, 6.45) is 21.4. The van der Waals surface area contributed by atoms with E-state index in [1.54, 1.807) is 0 Å². The molecule has 0 aromatic carbocycles. The lowest BCUT2D eigenvalue weighted by Gasteiger charge is -2.12. The molecule has 0 bridgehead atoms. The molecule has 0 unspecified atom stereocenters. The summed E-state index contributed by atoms with van der Waals surface area (Å²) in [5, 5.41) is 0. The number of nitrogens with two attached hydrogens (primary N) is 3. The van der Waals surface area contributed by atoms with Gasteiger partial charge in [0.25, 0.3) is 0 Å². The molecule has 6 N–H and O–H groups in total. The maximum atomic E-state index is 12.0. The Morgan fingerprint density at radius 3 is 1.53 bits per heavy atom. The van der Waals surface area contributed by atoms with E-state index in [0.717, 1.165) is 19.3 Å². The molecule has 8 nitrogen and oxygen atoms in total. The Morgan fingerprint density at radius 2 is 1.06 bits per heavy atom. The summed E-state index contributed by atoms with van der Waals surface area (Å²) in [6.45, 7) is 3.01. The summed E-state index contributed by atoms with van der Waals surface area (Å²) >= 11 is 0. The quantitative estimate of drug-likeness (QED) is 0.0874. The van der Waals surface area contributed by atoms with Crippen molar-refractivity contribution in [2.45, 2.75) is 147 Å². The second-order valence-corrected chi connectivity index (χ2v) is 9.95. The standard InChI is InChI=1S/C28H55N3O5/c1-2-3-4-5-6-7-8-9-10-11-12-13-14-15-16-17-23-35-27(33)25(31)20-21-26(32)36-28(34)24(30)19-18-22-29/h24-25H,2-23,29-31H2,1H3/t24-,25-/m1/s1. The van der Waals surface area contributed by atoms with Crippen molar-refractivity contribution in [3.05, 3.63) is 0 Å². The minimum Gasteiger partial charge on any atom is -0.465 e. The normalized spacial score (nSPS) is 12.8. The minimum absolute atomic E-state index is 0.0575. The van der Waals surface area contributed by atoms with Crippen molar-refractivity contribution < 1.29 is 23.9 Å². The minimum atomic E-state index is -0.917. The fraction of sp³-hybridized carbons (Fsp3) is 0.893. The molecule has 0 fully saturated rings. The van der Waals surface area contributed by atoms with E-state index in [1.807, 2.05) is 0 Å². The van der Waals surface area contributed by atoms with Crippen molar-refractivity contribution in [1.29, 1.82) is 0 Å². The van der Waals surface area contributed by atoms with Gasteiger partial charge < -0.3 is 26.7 Å². The highest BCUT2D eigenvalue weighted by molar-refractivity contribution is 5.88. The van der Waals surface area contributed by atoms with E-state index in [1.165, 1.54) is 83.5 Å². The molecule has 212 valence electrons. The number of ether oxygens (including phenoxy) is 2. The molecular formula is C28H55N3O5. The van der Waals surface area contributed by atoms with Crippen molar-refractivity contribution in [3.63, 3.8) is 0 Å². The van der Waals surface area contributed by atoms with Gasteiger partial charge in [-0.05, 0) is 32.2 Å². The highest BCUT2D eigenvalue weighted by Gasteiger charge is 2.21. The van der Waals surface area contributed by atoms with Crippen molar-refractivity contribution in [1.82, 2.24) is 0 Å². The smallest absolute Gasteiger partial charge is 0.330 e. The molecule has 0 heterocycles. The molecule has 0 aromatic rings. The summed E-state index contributed by atoms with van der Waals surface area (Å²) in [5.41, 5.74) is 16.8. The van der Waals surface area contributed by atoms with Crippen LogP contribution in [0.4, 0.5) is 0 Å². The molecule has 0 saturated carbocycles. The summed E-state index contributed by atoms with van der Waals surface area (Å²) in [4.78, 5) is 35.4. The van der Waals surface area contributed by atoms with Crippen LogP contribution in [0.25, 0.3) is 0 Å². The van der Waals surface area contributed by atoms with E-state index >= 15 is 0 Å². The van der Waals surface area contributed by atoms with E-state index in [2.05, 4.69) is 11.7 Å². The molecule has 0 aromatic heterocycles. The first-order chi connectivity index (χ1) is 17.4. The summed E-state index contributed by atoms with van der Waals surface area (Å²) in [5.74, 6) is -2.06. The Labute approximate surface area is 219 Å². The van der Waals surface area contributed by atoms with Crippen LogP contribution in [-0.2, 0) is 23.9 Å². The van der Waals surface area contributed by atoms with Crippen LogP contribution in [0.15, 0.2) is 0 Å². The van der Waals surface area contributed by atoms with Crippen LogP contribution in [0.2, 0.25) is 0 Å². The molecule has 0 aliphatic heterocycles. The van der Waals surface area contributed by atoms with Crippen molar-refractivity contribution >= 4 is 17.9 Å². The van der Waals surface area contributed by atoms with E-state index in [4.69, 9.17) is 21.9 Å². The number of hydrogen-bond acceptors (Lipinski definition) is 8. The SMILES string of the molecule is CCCCCCCCCCCCCCCCCCOC(=O)[C@H](N)CCC(=O)OC(=O)[C@H](N)CCCN. The maximum absolute atomic E-state index is 12.0. The van der Waals surface area contributed by atoms with Gasteiger partial charge >= 0.3 is 17.9 Å². The number of unbranched alkanes of at least 4 members (excludes halogenated alkanes) is 15. The van der Waals surface area contributed by atoms with Crippen LogP contribution in [-0.4, -0.2) is 43.1 Å². The van der Waals surface area contributed by atoms with E-state index in [-0.39, 0.29) is 12.8 Å². The van der Waals surface area contributed by atoms with Gasteiger partial charge in [-0.25, -0.2) is 4.79 Å². The van der Waals surface area contributed by atoms with Crippen LogP contribution in [0.1, 0.15) is 135 Å². The lowest BCUT2D eigenvalue weighted by atomic mass is 10.0. The molecule has 0 radical (unpaired) electrons. The van der Waals surface area contributed by atoms with Crippen LogP contribution >= 0.6 is 0 Å². The molecule has 0 spiro atoms. The second-order valence-electron chi connectivity index (χ2n) is 9.95. The molecule has 0 amide bonds. The van der Waals surface area contributed by atoms with E-state index in [9.17, 15) is 14.4 Å². The number of hydrogen-bond donors (Lipinski definition) is 3. The monoisotopic (exact) mass is 513 g/mol. The van der Waals surface area contributed by atoms with Gasteiger partial charge in [0, 0.05) is 6.42 Å². The number of carbonyl (C=O) groups excluding carboxylic acids is 3. The first-order valence-corrected chi connectivity index (χ1v) is 14.5. The van der Waals surface area contributed by atoms with Crippen LogP contribution in [0.5, 0.6) is 0 Å². The molecule has 36 heavy (non-hydrogen) atoms. The predicted molar refractivity (Wildman–Crippen MR) is 145 cm³/mol. The zero-order chi connectivity index (χ0) is 26.9. The van der Waals surface area contributed by atoms with Crippen molar-refractivity contribution in [2.24, 2.45) is 17.2 Å². The maximum Gasteiger partial charge on any atom is 0.330 e. The fourth-order valence-corrected chi connectivity index (χ4v) is 4.02. The number of esters is 3. The third-order valence-corrected chi connectivity index (χ3v) is 6.44. The first kappa shape index (κ1) is 34.5. The first-order valence-electron chi connectivity index (χ1n) is 14.5. The highest BCUT2D eigenvalue weighted by atomic mass is 16.6. The molecular weight excluding hydrogens is 458 g/mol. The molecule has 0 rings (SSSR count). The fourth-order valence-electron chi connectivity index (χ4n) is 4.02. The molecule has 2 atom stereocenters. The van der Waals surface area contributed by atoms with E-state index in [0.29, 0.717) is 26.0 Å². The van der Waals surface area contributed by atoms with Gasteiger partial charge in [0.05, 0.1) is 6.61 Å². The van der Waals surface area contributed by atoms with Gasteiger partial charge in [-0.2, -0.15) is 0 Å². The molecule has 0 aliphatic carbocycles. The average molecular weight is 514 g/mol. The third kappa shape index (κ3) is 21.7. The largest absolute Gasteiger partial charge is 0.465 e. The topological polar surface area (TPSA) is 148 Å². The zero-order valence-electron chi connectivity index (χ0n) is 23.0. The zero-order valence-corrected chi connectivity index (χ0v) is 23.0. The Hall–Kier alpha value is -1.51. The second kappa shape index (κ2) is 25.2. The van der Waals surface area contributed by atoms with Gasteiger partial charge in [-0.3, -0.25) is 9.59 Å². The third-order valence-electron chi connectivity index (χ3n) is 6.44. The lowest BCUT2D eigenvalue weighted by molar-refractivity contribution is -0.160. The summed E-state index contributed by atoms with van der Waals surface area (Å²) in [6, 6.07) is -1.80. The van der Waals surface area contributed by atoms with Crippen molar-refractivity contribution in [3.8, 4) is 0 Å². The van der Waals surface area contributed by atoms with Crippen molar-refractivity contribution in [2.75, 3.05) is 13.2 Å². The van der Waals surface area contributed by atoms with Crippen LogP contribution in [0.3, 0.4) is 0 Å². The Balaban J connectivity index is 3.53. The Bertz CT molecular complexity index is 559.